The SMILES string of the molecule is COCC(NC(=O)C1C2C(CN1C(=O)C(NC(=O)OC(C)(C)C)C(C)(C)C)C2(C)C)C(=O)C(=O)NCCC(=O)OC(C)(C)C. The van der Waals surface area contributed by atoms with Crippen LogP contribution < -0.4 is 16.0 Å². The summed E-state index contributed by atoms with van der Waals surface area (Å²) in [5, 5.41) is 7.71. The Morgan fingerprint density at radius 1 is 0.886 bits per heavy atom. The first-order valence-electron chi connectivity index (χ1n) is 15.0. The number of carbonyl (C=O) groups excluding carboxylic acids is 6. The molecule has 3 N–H and O–H groups in total. The number of Topliss-reactive ketones (excluding diaryl/α,β-unsaturated/α-hetero) is 1. The van der Waals surface area contributed by atoms with Crippen LogP contribution in [0.2, 0.25) is 0 Å². The van der Waals surface area contributed by atoms with E-state index >= 15 is 0 Å². The number of hydrogen-bond donors (Lipinski definition) is 3. The zero-order chi connectivity index (χ0) is 34.0. The van der Waals surface area contributed by atoms with Crippen LogP contribution in [0.15, 0.2) is 0 Å². The monoisotopic (exact) mass is 624 g/mol. The molecule has 0 aromatic carbocycles. The smallest absolute Gasteiger partial charge is 0.408 e. The van der Waals surface area contributed by atoms with E-state index in [1.54, 1.807) is 62.3 Å². The third-order valence-electron chi connectivity index (χ3n) is 7.76. The zero-order valence-electron chi connectivity index (χ0n) is 28.3. The van der Waals surface area contributed by atoms with Crippen LogP contribution in [0.5, 0.6) is 0 Å². The minimum absolute atomic E-state index is 0.0390. The second-order valence-electron chi connectivity index (χ2n) is 15.3. The number of likely N-dealkylation sites (tertiary alicyclic amines) is 1. The van der Waals surface area contributed by atoms with E-state index in [2.05, 4.69) is 16.0 Å². The van der Waals surface area contributed by atoms with Crippen molar-refractivity contribution in [2.75, 3.05) is 26.8 Å². The molecule has 1 aliphatic carbocycles. The van der Waals surface area contributed by atoms with E-state index in [1.807, 2.05) is 13.8 Å². The summed E-state index contributed by atoms with van der Waals surface area (Å²) in [6.45, 7) is 19.6. The fraction of sp³-hybridized carbons (Fsp3) is 0.806. The highest BCUT2D eigenvalue weighted by atomic mass is 16.6. The van der Waals surface area contributed by atoms with Crippen LogP contribution in [0.1, 0.15) is 82.6 Å². The van der Waals surface area contributed by atoms with Gasteiger partial charge in [-0.1, -0.05) is 34.6 Å². The molecule has 0 bridgehead atoms. The van der Waals surface area contributed by atoms with Crippen LogP contribution in [0.25, 0.3) is 0 Å². The highest BCUT2D eigenvalue weighted by Crippen LogP contribution is 2.65. The van der Waals surface area contributed by atoms with Crippen molar-refractivity contribution >= 4 is 35.6 Å². The second-order valence-corrected chi connectivity index (χ2v) is 15.3. The Kier molecular flexibility index (Phi) is 11.3. The van der Waals surface area contributed by atoms with Crippen molar-refractivity contribution in [3.63, 3.8) is 0 Å². The number of rotatable bonds is 11. The van der Waals surface area contributed by atoms with Gasteiger partial charge in [0.05, 0.1) is 13.0 Å². The van der Waals surface area contributed by atoms with Gasteiger partial charge in [0.15, 0.2) is 0 Å². The first-order chi connectivity index (χ1) is 19.9. The Morgan fingerprint density at radius 3 is 1.95 bits per heavy atom. The lowest BCUT2D eigenvalue weighted by Gasteiger charge is -2.38. The van der Waals surface area contributed by atoms with Gasteiger partial charge < -0.3 is 35.1 Å². The number of nitrogens with one attached hydrogen (secondary N) is 3. The number of ether oxygens (including phenoxy) is 3. The van der Waals surface area contributed by atoms with Gasteiger partial charge in [-0.15, -0.1) is 0 Å². The molecule has 2 fully saturated rings. The average Bonchev–Trinajstić information content (AvgIpc) is 3.17. The third kappa shape index (κ3) is 9.64. The molecule has 250 valence electrons. The number of amides is 4. The second kappa shape index (κ2) is 13.4. The Bertz CT molecular complexity index is 1130. The van der Waals surface area contributed by atoms with Crippen molar-refractivity contribution in [2.24, 2.45) is 22.7 Å². The molecule has 1 aliphatic heterocycles. The molecule has 0 spiro atoms. The molecule has 5 unspecified atom stereocenters. The number of hydrogen-bond acceptors (Lipinski definition) is 9. The quantitative estimate of drug-likeness (QED) is 0.230. The number of carbonyl (C=O) groups is 6. The lowest BCUT2D eigenvalue weighted by Crippen LogP contribution is -2.61. The van der Waals surface area contributed by atoms with Crippen LogP contribution in [0, 0.1) is 22.7 Å². The molecule has 2 aliphatic rings. The highest BCUT2D eigenvalue weighted by Gasteiger charge is 2.70. The lowest BCUT2D eigenvalue weighted by molar-refractivity contribution is -0.154. The van der Waals surface area contributed by atoms with Gasteiger partial charge in [-0.05, 0) is 64.2 Å². The average molecular weight is 625 g/mol. The predicted octanol–water partition coefficient (Wildman–Crippen LogP) is 1.96. The van der Waals surface area contributed by atoms with Gasteiger partial charge in [-0.2, -0.15) is 0 Å². The molecule has 13 heteroatoms. The zero-order valence-corrected chi connectivity index (χ0v) is 28.3. The Hall–Kier alpha value is -3.22. The molecule has 4 amide bonds. The van der Waals surface area contributed by atoms with Gasteiger partial charge in [-0.3, -0.25) is 24.0 Å². The maximum Gasteiger partial charge on any atom is 0.408 e. The molecule has 44 heavy (non-hydrogen) atoms. The molecular weight excluding hydrogens is 572 g/mol. The number of ketones is 1. The van der Waals surface area contributed by atoms with Gasteiger partial charge in [0.25, 0.3) is 5.91 Å². The lowest BCUT2D eigenvalue weighted by atomic mass is 9.85. The van der Waals surface area contributed by atoms with Gasteiger partial charge in [-0.25, -0.2) is 4.79 Å². The number of esters is 1. The normalized spacial score (nSPS) is 22.2. The van der Waals surface area contributed by atoms with Crippen LogP contribution in [-0.2, 0) is 38.2 Å². The number of alkyl carbamates (subject to hydrolysis) is 1. The summed E-state index contributed by atoms with van der Waals surface area (Å²) >= 11 is 0. The minimum Gasteiger partial charge on any atom is -0.460 e. The van der Waals surface area contributed by atoms with E-state index in [0.717, 1.165) is 0 Å². The van der Waals surface area contributed by atoms with Crippen molar-refractivity contribution in [2.45, 2.75) is 112 Å². The van der Waals surface area contributed by atoms with Gasteiger partial charge in [0.1, 0.15) is 29.3 Å². The molecule has 2 rings (SSSR count). The first kappa shape index (κ1) is 37.0. The Balaban J connectivity index is 2.20. The van der Waals surface area contributed by atoms with Crippen LogP contribution in [-0.4, -0.2) is 96.6 Å². The largest absolute Gasteiger partial charge is 0.460 e. The van der Waals surface area contributed by atoms with Crippen LogP contribution >= 0.6 is 0 Å². The molecule has 13 nitrogen and oxygen atoms in total. The van der Waals surface area contributed by atoms with Crippen molar-refractivity contribution in [3.05, 3.63) is 0 Å². The molecular formula is C31H52N4O9. The standard InChI is InChI=1S/C31H52N4O9/c1-28(2,3)23(34-27(41)44-30(7,8)9)26(40)35-15-17-20(31(17,10)11)21(35)24(38)33-18(16-42-12)22(37)25(39)32-14-13-19(36)43-29(4,5)6/h17-18,20-21,23H,13-16H2,1-12H3,(H,32,39)(H,33,38)(H,34,41). The van der Waals surface area contributed by atoms with E-state index in [0.29, 0.717) is 6.54 Å². The summed E-state index contributed by atoms with van der Waals surface area (Å²) in [7, 11) is 1.33. The number of fused-ring (bicyclic) bond motifs is 1. The molecule has 0 radical (unpaired) electrons. The number of methoxy groups -OCH3 is 1. The summed E-state index contributed by atoms with van der Waals surface area (Å²) in [5.41, 5.74) is -2.41. The van der Waals surface area contributed by atoms with E-state index in [9.17, 15) is 28.8 Å². The fourth-order valence-electron chi connectivity index (χ4n) is 5.58. The van der Waals surface area contributed by atoms with E-state index in [1.165, 1.54) is 12.0 Å². The predicted molar refractivity (Wildman–Crippen MR) is 161 cm³/mol. The van der Waals surface area contributed by atoms with Crippen LogP contribution in [0.4, 0.5) is 4.79 Å². The van der Waals surface area contributed by atoms with Crippen LogP contribution in [0.3, 0.4) is 0 Å². The summed E-state index contributed by atoms with van der Waals surface area (Å²) in [4.78, 5) is 79.5. The van der Waals surface area contributed by atoms with E-state index < -0.39 is 70.3 Å². The maximum absolute atomic E-state index is 14.0. The Labute approximate surface area is 260 Å². The molecule has 1 saturated heterocycles. The first-order valence-corrected chi connectivity index (χ1v) is 15.0. The molecule has 0 aromatic rings. The number of nitrogens with zero attached hydrogens (tertiary/aromatic N) is 1. The molecule has 1 saturated carbocycles. The summed E-state index contributed by atoms with van der Waals surface area (Å²) < 4.78 is 15.7. The van der Waals surface area contributed by atoms with Gasteiger partial charge in [0, 0.05) is 20.2 Å². The van der Waals surface area contributed by atoms with E-state index in [-0.39, 0.29) is 36.8 Å². The van der Waals surface area contributed by atoms with Gasteiger partial charge >= 0.3 is 12.1 Å². The topological polar surface area (TPSA) is 169 Å². The highest BCUT2D eigenvalue weighted by molar-refractivity contribution is 6.38. The van der Waals surface area contributed by atoms with Crippen molar-refractivity contribution in [3.8, 4) is 0 Å². The number of piperidine rings is 1. The van der Waals surface area contributed by atoms with Gasteiger partial charge in [0.2, 0.25) is 17.6 Å². The molecule has 5 atom stereocenters. The maximum atomic E-state index is 14.0. The summed E-state index contributed by atoms with van der Waals surface area (Å²) in [6.07, 6.45) is -0.888. The van der Waals surface area contributed by atoms with E-state index in [4.69, 9.17) is 14.2 Å². The molecule has 1 heterocycles. The van der Waals surface area contributed by atoms with Crippen molar-refractivity contribution in [1.29, 1.82) is 0 Å². The summed E-state index contributed by atoms with van der Waals surface area (Å²) in [5.74, 6) is -3.67. The fourth-order valence-corrected chi connectivity index (χ4v) is 5.58. The molecule has 0 aromatic heterocycles. The minimum atomic E-state index is -1.33. The van der Waals surface area contributed by atoms with Crippen molar-refractivity contribution < 1.29 is 43.0 Å². The summed E-state index contributed by atoms with van der Waals surface area (Å²) in [6, 6.07) is -3.26. The Morgan fingerprint density at radius 2 is 1.45 bits per heavy atom. The van der Waals surface area contributed by atoms with Crippen molar-refractivity contribution in [1.82, 2.24) is 20.9 Å². The third-order valence-corrected chi connectivity index (χ3v) is 7.76.